The maximum absolute atomic E-state index is 14.8. The second-order valence-corrected chi connectivity index (χ2v) is 15.8. The first-order chi connectivity index (χ1) is 27.4. The van der Waals surface area contributed by atoms with E-state index in [0.717, 1.165) is 45.6 Å². The molecular weight excluding hydrogens is 789 g/mol. The molecule has 8 rings (SSSR count). The van der Waals surface area contributed by atoms with Gasteiger partial charge in [0.1, 0.15) is 34.2 Å². The maximum atomic E-state index is 14.8. The number of aliphatic hydroxyl groups excluding tert-OH is 3. The number of aliphatic hydroxyl groups is 4. The van der Waals surface area contributed by atoms with Crippen LogP contribution in [-0.4, -0.2) is 144 Å². The number of halogens is 1. The number of pyridine rings is 1. The van der Waals surface area contributed by atoms with Crippen molar-refractivity contribution >= 4 is 45.8 Å². The number of rotatable bonds is 6. The number of primary amides is 1. The molecule has 324 valence electrons. The number of carbonyl (C=O) groups is 4. The second kappa shape index (κ2) is 16.4. The number of hydrogen-bond acceptors (Lipinski definition) is 13. The number of piperazine rings is 1. The molecule has 5 aliphatic rings. The van der Waals surface area contributed by atoms with Gasteiger partial charge in [0, 0.05) is 55.3 Å². The van der Waals surface area contributed by atoms with E-state index >= 15 is 0 Å². The van der Waals surface area contributed by atoms with Gasteiger partial charge < -0.3 is 61.7 Å². The summed E-state index contributed by atoms with van der Waals surface area (Å²) in [4.78, 5) is 68.2. The van der Waals surface area contributed by atoms with Gasteiger partial charge in [0.05, 0.1) is 34.8 Å². The summed E-state index contributed by atoms with van der Waals surface area (Å²) in [6.07, 6.45) is 1.72. The quantitative estimate of drug-likeness (QED) is 0.163. The van der Waals surface area contributed by atoms with Crippen LogP contribution in [0.4, 0.5) is 10.1 Å². The summed E-state index contributed by atoms with van der Waals surface area (Å²) in [5.41, 5.74) is 1.66. The number of aromatic hydroxyl groups is 1. The Bertz CT molecular complexity index is 2400. The molecule has 4 aliphatic carbocycles. The minimum absolute atomic E-state index is 0. The van der Waals surface area contributed by atoms with Gasteiger partial charge in [-0.05, 0) is 63.2 Å². The van der Waals surface area contributed by atoms with E-state index in [-0.39, 0.29) is 39.3 Å². The van der Waals surface area contributed by atoms with Gasteiger partial charge in [-0.1, -0.05) is 26.0 Å². The van der Waals surface area contributed by atoms with Crippen LogP contribution >= 0.6 is 0 Å². The van der Waals surface area contributed by atoms with Crippen molar-refractivity contribution in [2.24, 2.45) is 17.6 Å². The lowest BCUT2D eigenvalue weighted by Crippen LogP contribution is -2.70. The molecule has 0 unspecified atom stereocenters. The van der Waals surface area contributed by atoms with Crippen molar-refractivity contribution in [1.82, 2.24) is 14.4 Å². The van der Waals surface area contributed by atoms with E-state index in [0.29, 0.717) is 16.8 Å². The number of carboxylic acid groups (broad SMARTS) is 1. The highest BCUT2D eigenvalue weighted by atomic mass is 19.1. The van der Waals surface area contributed by atoms with E-state index in [1.54, 1.807) is 25.1 Å². The Kier molecular flexibility index (Phi) is 12.4. The van der Waals surface area contributed by atoms with Crippen LogP contribution in [0, 0.1) is 17.7 Å². The van der Waals surface area contributed by atoms with Crippen molar-refractivity contribution in [3.8, 4) is 5.75 Å². The molecule has 0 radical (unpaired) electrons. The van der Waals surface area contributed by atoms with Crippen molar-refractivity contribution in [1.29, 1.82) is 0 Å². The zero-order valence-corrected chi connectivity index (χ0v) is 33.3. The van der Waals surface area contributed by atoms with Crippen LogP contribution in [0.5, 0.6) is 5.75 Å². The Morgan fingerprint density at radius 2 is 1.65 bits per heavy atom. The third-order valence-electron chi connectivity index (χ3n) is 12.4. The molecule has 3 aromatic rings. The summed E-state index contributed by atoms with van der Waals surface area (Å²) >= 11 is 0. The van der Waals surface area contributed by atoms with Crippen molar-refractivity contribution in [3.63, 3.8) is 0 Å². The zero-order valence-electron chi connectivity index (χ0n) is 33.3. The summed E-state index contributed by atoms with van der Waals surface area (Å²) in [5, 5.41) is 64.3. The monoisotopic (exact) mass is 839 g/mol. The number of phenolic OH excluding ortho intramolecular Hbond substituents is 1. The van der Waals surface area contributed by atoms with Gasteiger partial charge in [-0.25, -0.2) is 9.18 Å². The van der Waals surface area contributed by atoms with Crippen LogP contribution in [-0.2, 0) is 14.4 Å². The van der Waals surface area contributed by atoms with Gasteiger partial charge in [-0.15, -0.1) is 0 Å². The van der Waals surface area contributed by atoms with Crippen LogP contribution in [0.3, 0.4) is 0 Å². The second-order valence-electron chi connectivity index (χ2n) is 15.8. The number of ketones is 2. The summed E-state index contributed by atoms with van der Waals surface area (Å²) < 4.78 is 16.6. The summed E-state index contributed by atoms with van der Waals surface area (Å²) in [5.74, 6) is -10.6. The minimum atomic E-state index is -2.89. The van der Waals surface area contributed by atoms with Crippen LogP contribution in [0.15, 0.2) is 58.2 Å². The first-order valence-electron chi connectivity index (χ1n) is 19.1. The fourth-order valence-electron chi connectivity index (χ4n) is 9.29. The normalized spacial score (nSPS) is 26.3. The number of aromatic nitrogens is 1. The molecule has 1 saturated heterocycles. The predicted molar refractivity (Wildman–Crippen MR) is 215 cm³/mol. The van der Waals surface area contributed by atoms with Gasteiger partial charge in [0.25, 0.3) is 5.91 Å². The van der Waals surface area contributed by atoms with E-state index in [4.69, 9.17) is 5.73 Å². The highest BCUT2D eigenvalue weighted by Crippen LogP contribution is 2.56. The Morgan fingerprint density at radius 3 is 2.20 bits per heavy atom. The lowest BCUT2D eigenvalue weighted by Gasteiger charge is -2.53. The number of carbonyl (C=O) groups excluding carboxylic acids is 3. The number of hydrogen-bond donors (Lipinski definition) is 7. The number of fused-ring (bicyclic) bond motifs is 4. The Hall–Kier alpha value is -5.70. The van der Waals surface area contributed by atoms with E-state index in [2.05, 4.69) is 11.8 Å². The minimum Gasteiger partial charge on any atom is -0.508 e. The number of phenols is 1. The highest BCUT2D eigenvalue weighted by molar-refractivity contribution is 6.24. The fraction of sp³-hybridized carbons (Fsp3) is 0.439. The largest absolute Gasteiger partial charge is 0.508 e. The average molecular weight is 840 g/mol. The molecular formula is C41H50FN5O13. The SMILES string of the molecule is CCN1CCN(c2cc3c(cc2F)c(=O)c(C(=O)O)cn3C2CC2)CC1.C[C@H]1c2cccc(O)c2C(O)=C2C(=O)[C@]3(O)C(O)=C(C(N)=O)C(=O)[C@@H](N(C)C)[C@@H]3[C@@H](O)[C@@H]21.O.O. The van der Waals surface area contributed by atoms with Crippen molar-refractivity contribution in [3.05, 3.63) is 86.2 Å². The third-order valence-corrected chi connectivity index (χ3v) is 12.4. The molecule has 2 heterocycles. The topological polar surface area (TPSA) is 310 Å². The zero-order chi connectivity index (χ0) is 42.3. The highest BCUT2D eigenvalue weighted by Gasteiger charge is 2.68. The molecule has 1 amide bonds. The first-order valence-corrected chi connectivity index (χ1v) is 19.1. The molecule has 19 heteroatoms. The molecule has 1 aliphatic heterocycles. The number of nitrogens with two attached hydrogens (primary N) is 1. The summed E-state index contributed by atoms with van der Waals surface area (Å²) in [7, 11) is 2.92. The van der Waals surface area contributed by atoms with Crippen LogP contribution in [0.25, 0.3) is 16.7 Å². The van der Waals surface area contributed by atoms with Crippen LogP contribution in [0.1, 0.15) is 60.1 Å². The van der Waals surface area contributed by atoms with Gasteiger partial charge in [0.2, 0.25) is 11.2 Å². The number of aromatic carboxylic acids is 1. The van der Waals surface area contributed by atoms with E-state index in [1.807, 2.05) is 9.47 Å². The van der Waals surface area contributed by atoms with Crippen molar-refractivity contribution in [2.75, 3.05) is 51.7 Å². The van der Waals surface area contributed by atoms with E-state index < -0.39 is 92.9 Å². The third kappa shape index (κ3) is 6.89. The van der Waals surface area contributed by atoms with Gasteiger partial charge in [-0.2, -0.15) is 0 Å². The molecule has 2 saturated carbocycles. The van der Waals surface area contributed by atoms with Crippen LogP contribution in [0.2, 0.25) is 0 Å². The van der Waals surface area contributed by atoms with E-state index in [9.17, 15) is 59.0 Å². The Balaban J connectivity index is 0.000000224. The number of carboxylic acids is 1. The number of benzene rings is 2. The molecule has 2 aromatic carbocycles. The average Bonchev–Trinajstić information content (AvgIpc) is 4.02. The molecule has 12 N–H and O–H groups in total. The number of anilines is 1. The number of amides is 1. The smallest absolute Gasteiger partial charge is 0.341 e. The lowest BCUT2D eigenvalue weighted by atomic mass is 9.54. The molecule has 0 bridgehead atoms. The van der Waals surface area contributed by atoms with Crippen LogP contribution < -0.4 is 16.1 Å². The van der Waals surface area contributed by atoms with Gasteiger partial charge >= 0.3 is 5.97 Å². The molecule has 0 spiro atoms. The molecule has 60 heavy (non-hydrogen) atoms. The van der Waals surface area contributed by atoms with Crippen molar-refractivity contribution in [2.45, 2.75) is 56.4 Å². The Labute approximate surface area is 342 Å². The standard InChI is InChI=1S/C22H24N2O8.C19H22FN3O3.2H2O/c1-7-8-5-4-6-9(25)11(8)16(26)12-10(7)17(27)14-15(24(2)3)18(28)13(21(23)31)20(30)22(14,32)19(12)29;1-2-21-5-7-22(8-6-21)17-10-16-13(9-15(17)20)18(24)14(19(25)26)11-23(16)12-3-4-12;;/h4-7,10,14-15,17,25-27,30,32H,1-3H3,(H2,23,31);9-12H,2-8H2,1H3,(H,25,26);2*1H2/t7-,10+,14+,15-,17-,22-;;;/m0.../s1. The number of nitrogens with zero attached hydrogens (tertiary/aromatic N) is 4. The molecule has 3 fully saturated rings. The fourth-order valence-corrected chi connectivity index (χ4v) is 9.29. The van der Waals surface area contributed by atoms with Crippen molar-refractivity contribution < 1.29 is 65.2 Å². The first kappa shape index (κ1) is 45.4. The van der Waals surface area contributed by atoms with E-state index in [1.165, 1.54) is 37.3 Å². The summed E-state index contributed by atoms with van der Waals surface area (Å²) in [6, 6.07) is 6.25. The van der Waals surface area contributed by atoms with Gasteiger partial charge in [-0.3, -0.25) is 24.1 Å². The summed E-state index contributed by atoms with van der Waals surface area (Å²) in [6.45, 7) is 7.99. The molecule has 1 aromatic heterocycles. The predicted octanol–water partition coefficient (Wildman–Crippen LogP) is 0.162. The Morgan fingerprint density at radius 1 is 1.02 bits per heavy atom. The molecule has 6 atom stereocenters. The van der Waals surface area contributed by atoms with Gasteiger partial charge in [0.15, 0.2) is 11.4 Å². The number of Topliss-reactive ketones (excluding diaryl/α,β-unsaturated/α-hetero) is 2. The maximum Gasteiger partial charge on any atom is 0.341 e. The number of likely N-dealkylation sites (N-methyl/N-ethyl adjacent to an activating group) is 2. The molecule has 18 nitrogen and oxygen atoms in total. The lowest BCUT2D eigenvalue weighted by molar-refractivity contribution is -0.169.